The Bertz CT molecular complexity index is 562. The second-order valence-corrected chi connectivity index (χ2v) is 4.86. The summed E-state index contributed by atoms with van der Waals surface area (Å²) >= 11 is 0. The van der Waals surface area contributed by atoms with Crippen LogP contribution < -0.4 is 10.6 Å². The van der Waals surface area contributed by atoms with Gasteiger partial charge in [0.1, 0.15) is 17.9 Å². The van der Waals surface area contributed by atoms with Crippen LogP contribution >= 0.6 is 0 Å². The molecule has 0 aromatic heterocycles. The predicted molar refractivity (Wildman–Crippen MR) is 77.6 cm³/mol. The molecular weight excluding hydrogens is 291 g/mol. The van der Waals surface area contributed by atoms with Gasteiger partial charge in [0, 0.05) is 13.3 Å². The van der Waals surface area contributed by atoms with Crippen LogP contribution in [0.2, 0.25) is 0 Å². The van der Waals surface area contributed by atoms with Gasteiger partial charge in [-0.15, -0.1) is 0 Å². The fourth-order valence-corrected chi connectivity index (χ4v) is 1.95. The molecule has 1 rings (SSSR count). The van der Waals surface area contributed by atoms with Crippen molar-refractivity contribution in [2.75, 3.05) is 0 Å². The number of carboxylic acid groups (broad SMARTS) is 1. The lowest BCUT2D eigenvalue weighted by molar-refractivity contribution is -0.142. The summed E-state index contributed by atoms with van der Waals surface area (Å²) < 4.78 is 13.7. The summed E-state index contributed by atoms with van der Waals surface area (Å²) in [6.07, 6.45) is 0.141. The average Bonchev–Trinajstić information content (AvgIpc) is 2.45. The van der Waals surface area contributed by atoms with Crippen LogP contribution in [-0.4, -0.2) is 35.0 Å². The van der Waals surface area contributed by atoms with Crippen molar-refractivity contribution >= 4 is 17.8 Å². The zero-order valence-electron chi connectivity index (χ0n) is 12.4. The van der Waals surface area contributed by atoms with Crippen molar-refractivity contribution in [2.24, 2.45) is 0 Å². The van der Waals surface area contributed by atoms with Gasteiger partial charge in [0.15, 0.2) is 0 Å². The third-order valence-electron chi connectivity index (χ3n) is 3.10. The molecule has 6 nitrogen and oxygen atoms in total. The molecular formula is C15H19FN2O4. The first-order valence-electron chi connectivity index (χ1n) is 6.88. The lowest BCUT2D eigenvalue weighted by Crippen LogP contribution is -2.52. The van der Waals surface area contributed by atoms with E-state index in [1.54, 1.807) is 13.0 Å². The molecule has 0 saturated heterocycles. The molecule has 0 saturated carbocycles. The highest BCUT2D eigenvalue weighted by molar-refractivity contribution is 5.90. The number of amides is 2. The van der Waals surface area contributed by atoms with E-state index in [1.165, 1.54) is 25.1 Å². The molecule has 1 aromatic rings. The van der Waals surface area contributed by atoms with E-state index in [1.807, 2.05) is 0 Å². The van der Waals surface area contributed by atoms with Gasteiger partial charge in [-0.3, -0.25) is 9.59 Å². The van der Waals surface area contributed by atoms with E-state index in [4.69, 9.17) is 5.11 Å². The van der Waals surface area contributed by atoms with Crippen LogP contribution in [-0.2, 0) is 20.8 Å². The molecule has 0 fully saturated rings. The summed E-state index contributed by atoms with van der Waals surface area (Å²) in [5.41, 5.74) is 0.264. The molecule has 0 aliphatic heterocycles. The van der Waals surface area contributed by atoms with E-state index < -0.39 is 35.7 Å². The first-order chi connectivity index (χ1) is 10.3. The van der Waals surface area contributed by atoms with Crippen molar-refractivity contribution in [3.8, 4) is 0 Å². The van der Waals surface area contributed by atoms with Crippen molar-refractivity contribution in [3.63, 3.8) is 0 Å². The van der Waals surface area contributed by atoms with Gasteiger partial charge in [0.05, 0.1) is 0 Å². The van der Waals surface area contributed by atoms with Crippen molar-refractivity contribution in [3.05, 3.63) is 35.6 Å². The maximum atomic E-state index is 13.7. The minimum absolute atomic E-state index is 0.0614. The molecule has 0 spiro atoms. The minimum atomic E-state index is -1.16. The fourth-order valence-electron chi connectivity index (χ4n) is 1.95. The third kappa shape index (κ3) is 5.16. The van der Waals surface area contributed by atoms with E-state index in [0.29, 0.717) is 0 Å². The van der Waals surface area contributed by atoms with Gasteiger partial charge >= 0.3 is 5.97 Å². The maximum Gasteiger partial charge on any atom is 0.326 e. The van der Waals surface area contributed by atoms with Gasteiger partial charge in [-0.1, -0.05) is 25.1 Å². The SMILES string of the molecule is CC[C@H](NC(=O)[C@H](Cc1ccccc1F)NC(C)=O)C(=O)O. The standard InChI is InChI=1S/C15H19FN2O4/c1-3-12(15(21)22)18-14(20)13(17-9(2)19)8-10-6-4-5-7-11(10)16/h4-7,12-13H,3,8H2,1-2H3,(H,17,19)(H,18,20)(H,21,22)/t12-,13-/m0/s1. The highest BCUT2D eigenvalue weighted by Crippen LogP contribution is 2.10. The average molecular weight is 310 g/mol. The van der Waals surface area contributed by atoms with Crippen LogP contribution in [0.5, 0.6) is 0 Å². The first kappa shape index (κ1) is 17.6. The Labute approximate surface area is 127 Å². The van der Waals surface area contributed by atoms with Crippen LogP contribution in [0.3, 0.4) is 0 Å². The number of carboxylic acids is 1. The van der Waals surface area contributed by atoms with Crippen LogP contribution in [0.1, 0.15) is 25.8 Å². The molecule has 0 aliphatic rings. The van der Waals surface area contributed by atoms with E-state index in [0.717, 1.165) is 0 Å². The summed E-state index contributed by atoms with van der Waals surface area (Å²) in [5.74, 6) is -2.77. The molecule has 0 unspecified atom stereocenters. The van der Waals surface area contributed by atoms with Gasteiger partial charge in [0.25, 0.3) is 0 Å². The molecule has 0 aliphatic carbocycles. The Hall–Kier alpha value is -2.44. The fraction of sp³-hybridized carbons (Fsp3) is 0.400. The number of rotatable bonds is 7. The molecule has 1 aromatic carbocycles. The van der Waals surface area contributed by atoms with Crippen molar-refractivity contribution in [1.82, 2.24) is 10.6 Å². The van der Waals surface area contributed by atoms with E-state index in [9.17, 15) is 18.8 Å². The number of carbonyl (C=O) groups excluding carboxylic acids is 2. The Balaban J connectivity index is 2.88. The highest BCUT2D eigenvalue weighted by atomic mass is 19.1. The molecule has 0 heterocycles. The molecule has 3 N–H and O–H groups in total. The smallest absolute Gasteiger partial charge is 0.326 e. The van der Waals surface area contributed by atoms with Gasteiger partial charge in [-0.05, 0) is 18.1 Å². The Morgan fingerprint density at radius 2 is 1.82 bits per heavy atom. The summed E-state index contributed by atoms with van der Waals surface area (Å²) in [4.78, 5) is 34.3. The Morgan fingerprint density at radius 1 is 1.18 bits per heavy atom. The van der Waals surface area contributed by atoms with Crippen LogP contribution in [0, 0.1) is 5.82 Å². The maximum absolute atomic E-state index is 13.7. The summed E-state index contributed by atoms with van der Waals surface area (Å²) in [6, 6.07) is 3.81. The number of halogens is 1. The van der Waals surface area contributed by atoms with Gasteiger partial charge in [0.2, 0.25) is 11.8 Å². The number of carbonyl (C=O) groups is 3. The second kappa shape index (κ2) is 8.11. The molecule has 0 bridgehead atoms. The number of benzene rings is 1. The second-order valence-electron chi connectivity index (χ2n) is 4.86. The lowest BCUT2D eigenvalue weighted by atomic mass is 10.0. The first-order valence-corrected chi connectivity index (χ1v) is 6.88. The van der Waals surface area contributed by atoms with Crippen LogP contribution in [0.25, 0.3) is 0 Å². The topological polar surface area (TPSA) is 95.5 Å². The van der Waals surface area contributed by atoms with Crippen LogP contribution in [0.4, 0.5) is 4.39 Å². The Kier molecular flexibility index (Phi) is 6.49. The molecule has 120 valence electrons. The van der Waals surface area contributed by atoms with Gasteiger partial charge < -0.3 is 15.7 Å². The third-order valence-corrected chi connectivity index (χ3v) is 3.10. The quantitative estimate of drug-likeness (QED) is 0.696. The molecule has 22 heavy (non-hydrogen) atoms. The summed E-state index contributed by atoms with van der Waals surface area (Å²) in [7, 11) is 0. The molecule has 2 amide bonds. The monoisotopic (exact) mass is 310 g/mol. The summed E-state index contributed by atoms with van der Waals surface area (Å²) in [6.45, 7) is 2.85. The normalized spacial score (nSPS) is 13.0. The molecule has 0 radical (unpaired) electrons. The van der Waals surface area contributed by atoms with Crippen molar-refractivity contribution in [2.45, 2.75) is 38.8 Å². The largest absolute Gasteiger partial charge is 0.480 e. The van der Waals surface area contributed by atoms with E-state index in [2.05, 4.69) is 10.6 Å². The van der Waals surface area contributed by atoms with Crippen molar-refractivity contribution in [1.29, 1.82) is 0 Å². The molecule has 7 heteroatoms. The predicted octanol–water partition coefficient (Wildman–Crippen LogP) is 0.852. The molecule has 2 atom stereocenters. The van der Waals surface area contributed by atoms with Gasteiger partial charge in [-0.25, -0.2) is 9.18 Å². The Morgan fingerprint density at radius 3 is 2.32 bits per heavy atom. The number of hydrogen-bond acceptors (Lipinski definition) is 3. The summed E-state index contributed by atoms with van der Waals surface area (Å²) in [5, 5.41) is 13.7. The van der Waals surface area contributed by atoms with Crippen LogP contribution in [0.15, 0.2) is 24.3 Å². The number of nitrogens with one attached hydrogen (secondary N) is 2. The highest BCUT2D eigenvalue weighted by Gasteiger charge is 2.25. The zero-order valence-corrected chi connectivity index (χ0v) is 12.4. The minimum Gasteiger partial charge on any atom is -0.480 e. The lowest BCUT2D eigenvalue weighted by Gasteiger charge is -2.20. The van der Waals surface area contributed by atoms with Crippen molar-refractivity contribution < 1.29 is 23.9 Å². The van der Waals surface area contributed by atoms with Gasteiger partial charge in [-0.2, -0.15) is 0 Å². The number of aliphatic carboxylic acids is 1. The number of hydrogen-bond donors (Lipinski definition) is 3. The van der Waals surface area contributed by atoms with E-state index in [-0.39, 0.29) is 18.4 Å². The van der Waals surface area contributed by atoms with E-state index >= 15 is 0 Å². The zero-order chi connectivity index (χ0) is 16.7.